The van der Waals surface area contributed by atoms with Gasteiger partial charge in [-0.2, -0.15) is 5.26 Å². The molecular weight excluding hydrogens is 432 g/mol. The third-order valence-corrected chi connectivity index (χ3v) is 6.63. The number of anilines is 1. The lowest BCUT2D eigenvalue weighted by Crippen LogP contribution is -2.57. The van der Waals surface area contributed by atoms with Crippen LogP contribution in [0.3, 0.4) is 0 Å². The zero-order valence-electron chi connectivity index (χ0n) is 27.9. The fraction of sp³-hybridized carbons (Fsp3) is 0.692. The lowest BCUT2D eigenvalue weighted by atomic mass is 9.87. The van der Waals surface area contributed by atoms with Crippen molar-refractivity contribution in [2.75, 3.05) is 31.6 Å². The van der Waals surface area contributed by atoms with E-state index in [1.165, 1.54) is 4.90 Å². The van der Waals surface area contributed by atoms with Crippen molar-refractivity contribution in [3.63, 3.8) is 0 Å². The largest absolute Gasteiger partial charge is 0.469 e. The fourth-order valence-corrected chi connectivity index (χ4v) is 4.64. The Hall–Kier alpha value is -2.66. The Kier molecular flexibility index (Phi) is 4.51. The second-order valence-electron chi connectivity index (χ2n) is 9.63. The highest BCUT2D eigenvalue weighted by Gasteiger charge is 2.39. The van der Waals surface area contributed by atoms with Crippen LogP contribution in [0, 0.1) is 17.2 Å². The molecule has 4 rings (SSSR count). The molecule has 1 amide bonds. The van der Waals surface area contributed by atoms with Gasteiger partial charge in [-0.15, -0.1) is 0 Å². The van der Waals surface area contributed by atoms with Crippen molar-refractivity contribution >= 4 is 17.7 Å². The summed E-state index contributed by atoms with van der Waals surface area (Å²) in [5.74, 6) is -4.69. The third-order valence-electron chi connectivity index (χ3n) is 6.63. The van der Waals surface area contributed by atoms with E-state index in [1.54, 1.807) is 0 Å². The number of fused-ring (bicyclic) bond motifs is 1. The van der Waals surface area contributed by atoms with Crippen LogP contribution in [0.15, 0.2) is 0 Å². The number of ether oxygens (including phenoxy) is 2. The summed E-state index contributed by atoms with van der Waals surface area (Å²) < 4.78 is 77.6. The molecule has 8 heteroatoms. The van der Waals surface area contributed by atoms with Crippen molar-refractivity contribution in [1.29, 1.82) is 5.26 Å². The number of amides is 1. The second-order valence-corrected chi connectivity index (χ2v) is 9.63. The van der Waals surface area contributed by atoms with Gasteiger partial charge in [0.1, 0.15) is 11.9 Å². The van der Waals surface area contributed by atoms with Crippen molar-refractivity contribution in [3.05, 3.63) is 22.4 Å². The summed E-state index contributed by atoms with van der Waals surface area (Å²) in [6.45, 7) is -4.00. The predicted octanol–water partition coefficient (Wildman–Crippen LogP) is 3.31. The molecule has 0 unspecified atom stereocenters. The van der Waals surface area contributed by atoms with Crippen LogP contribution in [0.1, 0.15) is 92.5 Å². The minimum Gasteiger partial charge on any atom is -0.469 e. The Morgan fingerprint density at radius 2 is 2.12 bits per heavy atom. The molecule has 0 radical (unpaired) electrons. The number of esters is 1. The first-order valence-electron chi connectivity index (χ1n) is 15.5. The maximum atomic E-state index is 13.4. The molecule has 1 atom stereocenters. The number of nitrogens with zero attached hydrogens (tertiary/aromatic N) is 4. The van der Waals surface area contributed by atoms with Gasteiger partial charge in [0.2, 0.25) is 5.91 Å². The standard InChI is InChI=1S/C26H36N4O4/c1-16(2)21-14-29(10-11-30(21)22(31)8-9-23(32)33-5)25-19(13-27)18-12-26(3,4)34-15-20(18)24(28-25)17-6-7-17/h16-17,21H,6-12,14-15H2,1-5H3/t21-/m1/s1/i1D3,2D3,16D,21D. The molecule has 8 nitrogen and oxygen atoms in total. The third kappa shape index (κ3) is 4.90. The summed E-state index contributed by atoms with van der Waals surface area (Å²) in [4.78, 5) is 32.2. The quantitative estimate of drug-likeness (QED) is 0.581. The molecule has 1 aromatic heterocycles. The predicted molar refractivity (Wildman–Crippen MR) is 127 cm³/mol. The molecule has 184 valence electrons. The highest BCUT2D eigenvalue weighted by molar-refractivity contribution is 5.82. The molecule has 34 heavy (non-hydrogen) atoms. The van der Waals surface area contributed by atoms with Gasteiger partial charge in [0.25, 0.3) is 0 Å². The molecule has 3 heterocycles. The monoisotopic (exact) mass is 476 g/mol. The second kappa shape index (κ2) is 9.53. The van der Waals surface area contributed by atoms with Gasteiger partial charge in [-0.25, -0.2) is 4.98 Å². The summed E-state index contributed by atoms with van der Waals surface area (Å²) in [6.07, 6.45) is 1.36. The molecule has 0 spiro atoms. The van der Waals surface area contributed by atoms with Crippen LogP contribution in [0.2, 0.25) is 0 Å². The molecule has 0 bridgehead atoms. The normalized spacial score (nSPS) is 28.4. The Labute approximate surface area is 213 Å². The van der Waals surface area contributed by atoms with Gasteiger partial charge in [-0.05, 0) is 38.1 Å². The average Bonchev–Trinajstić information content (AvgIpc) is 3.73. The average molecular weight is 477 g/mol. The Bertz CT molecular complexity index is 1290. The first-order chi connectivity index (χ1) is 19.3. The van der Waals surface area contributed by atoms with E-state index in [-0.39, 0.29) is 43.4 Å². The topological polar surface area (TPSA) is 95.8 Å². The minimum atomic E-state index is -3.52. The maximum Gasteiger partial charge on any atom is 0.306 e. The van der Waals surface area contributed by atoms with Crippen LogP contribution in [0.5, 0.6) is 0 Å². The Morgan fingerprint density at radius 3 is 2.76 bits per heavy atom. The first kappa shape index (κ1) is 16.1. The minimum absolute atomic E-state index is 0.00681. The number of hydrogen-bond acceptors (Lipinski definition) is 7. The lowest BCUT2D eigenvalue weighted by molar-refractivity contribution is -0.144. The van der Waals surface area contributed by atoms with Crippen LogP contribution >= 0.6 is 0 Å². The van der Waals surface area contributed by atoms with E-state index in [1.807, 2.05) is 13.8 Å². The van der Waals surface area contributed by atoms with E-state index in [9.17, 15) is 16.2 Å². The van der Waals surface area contributed by atoms with Gasteiger partial charge >= 0.3 is 5.97 Å². The molecule has 2 aliphatic heterocycles. The molecule has 1 aliphatic carbocycles. The Morgan fingerprint density at radius 1 is 1.35 bits per heavy atom. The molecule has 3 aliphatic rings. The number of carbonyl (C=O) groups excluding carboxylic acids is 2. The number of nitriles is 1. The van der Waals surface area contributed by atoms with E-state index in [0.29, 0.717) is 6.42 Å². The SMILES string of the molecule is [2H]C([2H])([2H])C([2H])(C([2H])([2H])[2H])[C@@]1([2H])CN(c2nc(C3CC3)c3c(c2C#N)CC(C)(C)OC3)CCN1C(=O)CCC(=O)OC. The van der Waals surface area contributed by atoms with E-state index in [2.05, 4.69) is 10.8 Å². The van der Waals surface area contributed by atoms with Gasteiger partial charge in [0, 0.05) is 53.6 Å². The number of methoxy groups -OCH3 is 1. The maximum absolute atomic E-state index is 13.4. The zero-order valence-corrected chi connectivity index (χ0v) is 19.9. The van der Waals surface area contributed by atoms with Crippen LogP contribution in [-0.4, -0.2) is 60.1 Å². The molecule has 0 aromatic carbocycles. The van der Waals surface area contributed by atoms with E-state index in [0.717, 1.165) is 41.7 Å². The lowest BCUT2D eigenvalue weighted by Gasteiger charge is -2.44. The van der Waals surface area contributed by atoms with Gasteiger partial charge in [0.05, 0.1) is 44.4 Å². The van der Waals surface area contributed by atoms with Crippen molar-refractivity contribution < 1.29 is 30.0 Å². The van der Waals surface area contributed by atoms with Crippen LogP contribution in [0.25, 0.3) is 0 Å². The highest BCUT2D eigenvalue weighted by atomic mass is 16.5. The molecular formula is C26H36N4O4. The van der Waals surface area contributed by atoms with E-state index >= 15 is 0 Å². The van der Waals surface area contributed by atoms with E-state index < -0.39 is 56.1 Å². The van der Waals surface area contributed by atoms with Gasteiger partial charge in [0.15, 0.2) is 0 Å². The molecule has 1 saturated heterocycles. The molecule has 1 aromatic rings. The van der Waals surface area contributed by atoms with Crippen molar-refractivity contribution in [2.45, 2.75) is 83.8 Å². The van der Waals surface area contributed by atoms with E-state index in [4.69, 9.17) is 19.3 Å². The van der Waals surface area contributed by atoms with Crippen molar-refractivity contribution in [2.24, 2.45) is 5.89 Å². The van der Waals surface area contributed by atoms with Gasteiger partial charge in [-0.3, -0.25) is 9.59 Å². The van der Waals surface area contributed by atoms with Gasteiger partial charge < -0.3 is 19.3 Å². The highest BCUT2D eigenvalue weighted by Crippen LogP contribution is 2.46. The number of hydrogen-bond donors (Lipinski definition) is 0. The molecule has 1 saturated carbocycles. The number of aromatic nitrogens is 1. The summed E-state index contributed by atoms with van der Waals surface area (Å²) >= 11 is 0. The van der Waals surface area contributed by atoms with Crippen LogP contribution in [-0.2, 0) is 32.1 Å². The number of carbonyl (C=O) groups is 2. The van der Waals surface area contributed by atoms with Crippen LogP contribution in [0.4, 0.5) is 5.82 Å². The van der Waals surface area contributed by atoms with Gasteiger partial charge in [-0.1, -0.05) is 13.7 Å². The summed E-state index contributed by atoms with van der Waals surface area (Å²) in [5.41, 5.74) is 1.99. The van der Waals surface area contributed by atoms with Crippen molar-refractivity contribution in [1.82, 2.24) is 9.88 Å². The summed E-state index contributed by atoms with van der Waals surface area (Å²) in [6, 6.07) is -0.623. The number of pyridine rings is 1. The zero-order chi connectivity index (χ0) is 31.5. The summed E-state index contributed by atoms with van der Waals surface area (Å²) in [5, 5.41) is 10.3. The first-order valence-corrected chi connectivity index (χ1v) is 11.5. The van der Waals surface area contributed by atoms with Crippen LogP contribution < -0.4 is 4.90 Å². The number of rotatable bonds is 6. The summed E-state index contributed by atoms with van der Waals surface area (Å²) in [7, 11) is 1.14. The molecule has 2 fully saturated rings. The number of piperazine rings is 1. The Balaban J connectivity index is 1.86. The smallest absolute Gasteiger partial charge is 0.306 e. The van der Waals surface area contributed by atoms with Crippen molar-refractivity contribution in [3.8, 4) is 6.07 Å². The molecule has 0 N–H and O–H groups in total. The fourth-order valence-electron chi connectivity index (χ4n) is 4.64.